The Morgan fingerprint density at radius 2 is 2.19 bits per heavy atom. The molecule has 2 aromatic heterocycles. The fourth-order valence-corrected chi connectivity index (χ4v) is 2.62. The second kappa shape index (κ2) is 8.25. The number of hydrogen-bond acceptors (Lipinski definition) is 5. The van der Waals surface area contributed by atoms with Gasteiger partial charge in [0.1, 0.15) is 18.1 Å². The second-order valence-electron chi connectivity index (χ2n) is 5.49. The van der Waals surface area contributed by atoms with Crippen LogP contribution < -0.4 is 10.1 Å². The Kier molecular flexibility index (Phi) is 5.80. The van der Waals surface area contributed by atoms with Crippen LogP contribution in [0.3, 0.4) is 0 Å². The Hall–Kier alpha value is -2.51. The molecule has 0 aliphatic heterocycles. The summed E-state index contributed by atoms with van der Waals surface area (Å²) in [5.74, 6) is 0.779. The summed E-state index contributed by atoms with van der Waals surface area (Å²) < 4.78 is 12.5. The number of aromatic nitrogens is 3. The first kappa shape index (κ1) is 18.3. The van der Waals surface area contributed by atoms with E-state index in [1.54, 1.807) is 42.1 Å². The molecule has 7 nitrogen and oxygen atoms in total. The molecule has 1 aromatic carbocycles. The highest BCUT2D eigenvalue weighted by Gasteiger charge is 2.20. The van der Waals surface area contributed by atoms with E-state index in [4.69, 9.17) is 32.5 Å². The summed E-state index contributed by atoms with van der Waals surface area (Å²) in [6.45, 7) is 2.74. The lowest BCUT2D eigenvalue weighted by atomic mass is 10.2. The molecule has 0 radical (unpaired) electrons. The lowest BCUT2D eigenvalue weighted by Crippen LogP contribution is -2.28. The Labute approximate surface area is 159 Å². The quantitative estimate of drug-likeness (QED) is 0.662. The van der Waals surface area contributed by atoms with Crippen molar-refractivity contribution >= 4 is 29.1 Å². The maximum Gasteiger partial charge on any atom is 0.273 e. The highest BCUT2D eigenvalue weighted by Crippen LogP contribution is 2.20. The number of hydrogen-bond donors (Lipinski definition) is 1. The van der Waals surface area contributed by atoms with Crippen molar-refractivity contribution in [3.63, 3.8) is 0 Å². The molecule has 136 valence electrons. The maximum atomic E-state index is 12.4. The maximum absolute atomic E-state index is 12.4. The Bertz CT molecular complexity index is 907. The van der Waals surface area contributed by atoms with E-state index in [-0.39, 0.29) is 18.2 Å². The minimum Gasteiger partial charge on any atom is -0.489 e. The molecule has 1 N–H and O–H groups in total. The van der Waals surface area contributed by atoms with E-state index in [9.17, 15) is 4.79 Å². The highest BCUT2D eigenvalue weighted by molar-refractivity contribution is 6.30. The van der Waals surface area contributed by atoms with Crippen molar-refractivity contribution in [3.05, 3.63) is 63.7 Å². The number of nitrogens with zero attached hydrogens (tertiary/aromatic N) is 3. The Morgan fingerprint density at radius 3 is 2.92 bits per heavy atom. The van der Waals surface area contributed by atoms with Crippen LogP contribution in [-0.2, 0) is 13.2 Å². The molecule has 0 atom stereocenters. The molecular formula is C17H16Cl2N4O3. The summed E-state index contributed by atoms with van der Waals surface area (Å²) in [6, 6.07) is 7.01. The molecule has 0 fully saturated rings. The lowest BCUT2D eigenvalue weighted by Gasteiger charge is -2.08. The molecule has 2 heterocycles. The third-order valence-corrected chi connectivity index (χ3v) is 4.04. The van der Waals surface area contributed by atoms with Crippen LogP contribution >= 0.6 is 23.2 Å². The number of rotatable bonds is 7. The van der Waals surface area contributed by atoms with Crippen molar-refractivity contribution in [2.75, 3.05) is 6.54 Å². The van der Waals surface area contributed by atoms with Crippen LogP contribution in [0.1, 0.15) is 21.8 Å². The van der Waals surface area contributed by atoms with E-state index in [0.29, 0.717) is 40.2 Å². The molecule has 0 unspecified atom stereocenters. The fourth-order valence-electron chi connectivity index (χ4n) is 2.28. The van der Waals surface area contributed by atoms with Gasteiger partial charge in [-0.15, -0.1) is 0 Å². The zero-order valence-electron chi connectivity index (χ0n) is 13.9. The summed E-state index contributed by atoms with van der Waals surface area (Å²) >= 11 is 11.7. The molecule has 3 aromatic rings. The topological polar surface area (TPSA) is 82.2 Å². The van der Waals surface area contributed by atoms with Gasteiger partial charge in [0.15, 0.2) is 5.69 Å². The summed E-state index contributed by atoms with van der Waals surface area (Å²) in [5.41, 5.74) is 0.785. The molecule has 9 heteroatoms. The average Bonchev–Trinajstić information content (AvgIpc) is 3.18. The zero-order valence-corrected chi connectivity index (χ0v) is 15.4. The predicted molar refractivity (Wildman–Crippen MR) is 96.6 cm³/mol. The van der Waals surface area contributed by atoms with Crippen molar-refractivity contribution in [2.45, 2.75) is 20.1 Å². The van der Waals surface area contributed by atoms with Gasteiger partial charge >= 0.3 is 0 Å². The van der Waals surface area contributed by atoms with E-state index < -0.39 is 0 Å². The van der Waals surface area contributed by atoms with Gasteiger partial charge in [-0.25, -0.2) is 0 Å². The number of ether oxygens (including phenoxy) is 1. The Balaban J connectivity index is 1.60. The largest absolute Gasteiger partial charge is 0.489 e. The highest BCUT2D eigenvalue weighted by atomic mass is 35.5. The van der Waals surface area contributed by atoms with Crippen LogP contribution in [0.5, 0.6) is 5.75 Å². The van der Waals surface area contributed by atoms with Crippen molar-refractivity contribution < 1.29 is 14.1 Å². The van der Waals surface area contributed by atoms with E-state index in [1.807, 2.05) is 0 Å². The molecule has 0 saturated carbocycles. The number of halogens is 2. The van der Waals surface area contributed by atoms with E-state index in [2.05, 4.69) is 15.6 Å². The summed E-state index contributed by atoms with van der Waals surface area (Å²) in [5, 5.41) is 11.8. The van der Waals surface area contributed by atoms with Gasteiger partial charge in [0.2, 0.25) is 0 Å². The van der Waals surface area contributed by atoms with Gasteiger partial charge in [-0.3, -0.25) is 9.48 Å². The van der Waals surface area contributed by atoms with E-state index >= 15 is 0 Å². The first-order chi connectivity index (χ1) is 12.5. The van der Waals surface area contributed by atoms with Gasteiger partial charge in [0.25, 0.3) is 5.91 Å². The first-order valence-electron chi connectivity index (χ1n) is 7.82. The van der Waals surface area contributed by atoms with Crippen molar-refractivity contribution in [1.82, 2.24) is 20.3 Å². The van der Waals surface area contributed by atoms with Gasteiger partial charge in [0, 0.05) is 17.8 Å². The predicted octanol–water partition coefficient (Wildman–Crippen LogP) is 3.50. The van der Waals surface area contributed by atoms with Crippen LogP contribution in [0.25, 0.3) is 0 Å². The molecule has 3 rings (SSSR count). The lowest BCUT2D eigenvalue weighted by molar-refractivity contribution is 0.0940. The molecule has 0 bridgehead atoms. The third-order valence-electron chi connectivity index (χ3n) is 3.61. The molecule has 0 aliphatic rings. The standard InChI is InChI=1S/C17H16Cl2N4O3/c1-11-15(10-25-14-4-2-3-12(18)7-14)16(22-26-11)17(24)20-5-6-23-9-13(19)8-21-23/h2-4,7-9H,5-6,10H2,1H3,(H,20,24). The van der Waals surface area contributed by atoms with Crippen LogP contribution in [-0.4, -0.2) is 27.4 Å². The number of amides is 1. The van der Waals surface area contributed by atoms with Gasteiger partial charge < -0.3 is 14.6 Å². The fraction of sp³-hybridized carbons (Fsp3) is 0.235. The van der Waals surface area contributed by atoms with E-state index in [1.165, 1.54) is 6.20 Å². The van der Waals surface area contributed by atoms with Crippen molar-refractivity contribution in [3.8, 4) is 5.75 Å². The normalized spacial score (nSPS) is 10.7. The minimum absolute atomic E-state index is 0.146. The molecule has 0 aliphatic carbocycles. The summed E-state index contributed by atoms with van der Waals surface area (Å²) in [4.78, 5) is 12.4. The molecule has 0 saturated heterocycles. The number of carbonyl (C=O) groups is 1. The van der Waals surface area contributed by atoms with Crippen LogP contribution in [0, 0.1) is 6.92 Å². The van der Waals surface area contributed by atoms with E-state index in [0.717, 1.165) is 0 Å². The average molecular weight is 395 g/mol. The second-order valence-corrected chi connectivity index (χ2v) is 6.36. The van der Waals surface area contributed by atoms with Gasteiger partial charge in [-0.2, -0.15) is 5.10 Å². The van der Waals surface area contributed by atoms with Crippen LogP contribution in [0.15, 0.2) is 41.2 Å². The number of carbonyl (C=O) groups excluding carboxylic acids is 1. The van der Waals surface area contributed by atoms with Gasteiger partial charge in [-0.05, 0) is 25.1 Å². The summed E-state index contributed by atoms with van der Waals surface area (Å²) in [6.07, 6.45) is 3.22. The number of aryl methyl sites for hydroxylation is 1. The van der Waals surface area contributed by atoms with Gasteiger partial charge in [-0.1, -0.05) is 34.4 Å². The number of benzene rings is 1. The zero-order chi connectivity index (χ0) is 18.5. The molecular weight excluding hydrogens is 379 g/mol. The summed E-state index contributed by atoms with van der Waals surface area (Å²) in [7, 11) is 0. The van der Waals surface area contributed by atoms with Crippen molar-refractivity contribution in [2.24, 2.45) is 0 Å². The third kappa shape index (κ3) is 4.56. The Morgan fingerprint density at radius 1 is 1.35 bits per heavy atom. The SMILES string of the molecule is Cc1onc(C(=O)NCCn2cc(Cl)cn2)c1COc1cccc(Cl)c1. The van der Waals surface area contributed by atoms with Crippen molar-refractivity contribution in [1.29, 1.82) is 0 Å². The monoisotopic (exact) mass is 394 g/mol. The molecule has 1 amide bonds. The van der Waals surface area contributed by atoms with Crippen LogP contribution in [0.2, 0.25) is 10.0 Å². The van der Waals surface area contributed by atoms with Crippen LogP contribution in [0.4, 0.5) is 0 Å². The molecule has 0 spiro atoms. The smallest absolute Gasteiger partial charge is 0.273 e. The minimum atomic E-state index is -0.343. The molecule has 26 heavy (non-hydrogen) atoms. The first-order valence-corrected chi connectivity index (χ1v) is 8.58. The van der Waals surface area contributed by atoms with Gasteiger partial charge in [0.05, 0.1) is 23.3 Å². The number of nitrogens with one attached hydrogen (secondary N) is 1.